The van der Waals surface area contributed by atoms with E-state index < -0.39 is 50.9 Å². The van der Waals surface area contributed by atoms with Crippen LogP contribution in [0.2, 0.25) is 0 Å². The van der Waals surface area contributed by atoms with Crippen LogP contribution in [0, 0.1) is 17.5 Å². The van der Waals surface area contributed by atoms with Crippen LogP contribution in [-0.2, 0) is 14.8 Å². The lowest BCUT2D eigenvalue weighted by Crippen LogP contribution is -2.38. The number of hydrogen-bond donors (Lipinski definition) is 1. The van der Waals surface area contributed by atoms with Gasteiger partial charge in [0.2, 0.25) is 10.0 Å². The molecule has 1 aliphatic rings. The van der Waals surface area contributed by atoms with Crippen LogP contribution in [0.25, 0.3) is 0 Å². The number of benzene rings is 1. The van der Waals surface area contributed by atoms with Gasteiger partial charge in [-0.15, -0.1) is 0 Å². The van der Waals surface area contributed by atoms with E-state index in [1.807, 2.05) is 0 Å². The van der Waals surface area contributed by atoms with Crippen molar-refractivity contribution >= 4 is 16.0 Å². The standard InChI is InChI=1S/C11H10F3NO4S/c12-6-3-8(13)11(9(14)4-6)20(18,19)15(5-10(16)17)7-1-2-7/h3-4,7H,1-2,5H2,(H,16,17). The molecule has 0 amide bonds. The van der Waals surface area contributed by atoms with Crippen LogP contribution >= 0.6 is 0 Å². The van der Waals surface area contributed by atoms with E-state index in [2.05, 4.69) is 0 Å². The Balaban J connectivity index is 2.50. The van der Waals surface area contributed by atoms with Crippen LogP contribution in [0.3, 0.4) is 0 Å². The molecule has 0 aliphatic heterocycles. The molecule has 1 aromatic rings. The number of aliphatic carboxylic acids is 1. The number of halogens is 3. The largest absolute Gasteiger partial charge is 0.480 e. The van der Waals surface area contributed by atoms with E-state index in [4.69, 9.17) is 5.11 Å². The highest BCUT2D eigenvalue weighted by Crippen LogP contribution is 2.33. The van der Waals surface area contributed by atoms with Gasteiger partial charge in [-0.25, -0.2) is 21.6 Å². The first kappa shape index (κ1) is 14.8. The number of carboxylic acids is 1. The second kappa shape index (κ2) is 5.06. The number of hydrogen-bond acceptors (Lipinski definition) is 3. The average Bonchev–Trinajstić information content (AvgIpc) is 3.06. The number of rotatable bonds is 5. The highest BCUT2D eigenvalue weighted by molar-refractivity contribution is 7.89. The Bertz CT molecular complexity index is 635. The van der Waals surface area contributed by atoms with E-state index in [-0.39, 0.29) is 12.1 Å². The molecular weight excluding hydrogens is 299 g/mol. The van der Waals surface area contributed by atoms with Crippen LogP contribution < -0.4 is 0 Å². The average molecular weight is 309 g/mol. The third-order valence-corrected chi connectivity index (χ3v) is 4.73. The summed E-state index contributed by atoms with van der Waals surface area (Å²) in [4.78, 5) is 9.36. The van der Waals surface area contributed by atoms with Gasteiger partial charge in [0.1, 0.15) is 24.0 Å². The van der Waals surface area contributed by atoms with Gasteiger partial charge in [-0.3, -0.25) is 4.79 Å². The zero-order valence-electron chi connectivity index (χ0n) is 10.0. The molecule has 0 bridgehead atoms. The molecule has 0 aromatic heterocycles. The minimum absolute atomic E-state index is 0.238. The molecule has 1 aliphatic carbocycles. The van der Waals surface area contributed by atoms with E-state index >= 15 is 0 Å². The zero-order chi connectivity index (χ0) is 15.1. The third kappa shape index (κ3) is 2.78. The summed E-state index contributed by atoms with van der Waals surface area (Å²) >= 11 is 0. The number of sulfonamides is 1. The lowest BCUT2D eigenvalue weighted by molar-refractivity contribution is -0.137. The summed E-state index contributed by atoms with van der Waals surface area (Å²) in [6, 6.07) is -0.121. The third-order valence-electron chi connectivity index (χ3n) is 2.77. The second-order valence-electron chi connectivity index (χ2n) is 4.37. The Labute approximate surface area is 112 Å². The minimum Gasteiger partial charge on any atom is -0.480 e. The molecule has 20 heavy (non-hydrogen) atoms. The summed E-state index contributed by atoms with van der Waals surface area (Å²) in [5.41, 5.74) is 0. The molecule has 5 nitrogen and oxygen atoms in total. The predicted molar refractivity (Wildman–Crippen MR) is 60.9 cm³/mol. The normalized spacial score (nSPS) is 15.6. The van der Waals surface area contributed by atoms with Crippen LogP contribution in [0.1, 0.15) is 12.8 Å². The molecule has 0 radical (unpaired) electrons. The fraction of sp³-hybridized carbons (Fsp3) is 0.364. The van der Waals surface area contributed by atoms with Crippen LogP contribution in [0.5, 0.6) is 0 Å². The van der Waals surface area contributed by atoms with Crippen molar-refractivity contribution in [2.75, 3.05) is 6.54 Å². The Hall–Kier alpha value is -1.61. The SMILES string of the molecule is O=C(O)CN(C1CC1)S(=O)(=O)c1c(F)cc(F)cc1F. The molecule has 0 atom stereocenters. The quantitative estimate of drug-likeness (QED) is 0.891. The first-order valence-electron chi connectivity index (χ1n) is 5.61. The molecule has 0 spiro atoms. The fourth-order valence-electron chi connectivity index (χ4n) is 1.80. The predicted octanol–water partition coefficient (Wildman–Crippen LogP) is 1.34. The molecule has 1 saturated carbocycles. The van der Waals surface area contributed by atoms with Gasteiger partial charge in [0.25, 0.3) is 0 Å². The summed E-state index contributed by atoms with van der Waals surface area (Å²) in [7, 11) is -4.68. The van der Waals surface area contributed by atoms with Crippen molar-refractivity contribution in [2.45, 2.75) is 23.8 Å². The van der Waals surface area contributed by atoms with Gasteiger partial charge in [0, 0.05) is 18.2 Å². The van der Waals surface area contributed by atoms with Crippen LogP contribution in [0.4, 0.5) is 13.2 Å². The summed E-state index contributed by atoms with van der Waals surface area (Å²) in [6.07, 6.45) is 0.827. The van der Waals surface area contributed by atoms with Gasteiger partial charge in [-0.1, -0.05) is 0 Å². The Morgan fingerprint density at radius 2 is 1.75 bits per heavy atom. The Kier molecular flexibility index (Phi) is 3.74. The van der Waals surface area contributed by atoms with E-state index in [0.717, 1.165) is 0 Å². The van der Waals surface area contributed by atoms with E-state index in [1.165, 1.54) is 0 Å². The maximum absolute atomic E-state index is 13.6. The molecule has 0 unspecified atom stereocenters. The van der Waals surface area contributed by atoms with Gasteiger partial charge in [0.15, 0.2) is 4.90 Å². The maximum Gasteiger partial charge on any atom is 0.318 e. The van der Waals surface area contributed by atoms with Gasteiger partial charge in [-0.05, 0) is 12.8 Å². The molecule has 2 rings (SSSR count). The van der Waals surface area contributed by atoms with Gasteiger partial charge in [-0.2, -0.15) is 4.31 Å². The van der Waals surface area contributed by atoms with E-state index in [9.17, 15) is 26.4 Å². The number of carbonyl (C=O) groups is 1. The van der Waals surface area contributed by atoms with Crippen molar-refractivity contribution in [3.8, 4) is 0 Å². The molecule has 110 valence electrons. The molecular formula is C11H10F3NO4S. The van der Waals surface area contributed by atoms with E-state index in [0.29, 0.717) is 17.1 Å². The number of nitrogens with zero attached hydrogens (tertiary/aromatic N) is 1. The molecule has 9 heteroatoms. The molecule has 1 aromatic carbocycles. The first-order valence-corrected chi connectivity index (χ1v) is 7.05. The topological polar surface area (TPSA) is 74.7 Å². The van der Waals surface area contributed by atoms with Gasteiger partial charge >= 0.3 is 5.97 Å². The van der Waals surface area contributed by atoms with Crippen molar-refractivity contribution < 1.29 is 31.5 Å². The smallest absolute Gasteiger partial charge is 0.318 e. The second-order valence-corrected chi connectivity index (χ2v) is 6.20. The lowest BCUT2D eigenvalue weighted by Gasteiger charge is -2.20. The lowest BCUT2D eigenvalue weighted by atomic mass is 10.3. The van der Waals surface area contributed by atoms with Crippen LogP contribution in [-0.4, -0.2) is 36.4 Å². The zero-order valence-corrected chi connectivity index (χ0v) is 10.8. The van der Waals surface area contributed by atoms with Crippen molar-refractivity contribution in [3.63, 3.8) is 0 Å². The molecule has 1 N–H and O–H groups in total. The Morgan fingerprint density at radius 3 is 2.15 bits per heavy atom. The minimum atomic E-state index is -4.68. The molecule has 1 fully saturated rings. The van der Waals surface area contributed by atoms with Crippen molar-refractivity contribution in [1.82, 2.24) is 4.31 Å². The summed E-state index contributed by atoms with van der Waals surface area (Å²) < 4.78 is 64.8. The van der Waals surface area contributed by atoms with Crippen molar-refractivity contribution in [3.05, 3.63) is 29.6 Å². The monoisotopic (exact) mass is 309 g/mol. The summed E-state index contributed by atoms with van der Waals surface area (Å²) in [5.74, 6) is -5.87. The fourth-order valence-corrected chi connectivity index (χ4v) is 3.53. The highest BCUT2D eigenvalue weighted by atomic mass is 32.2. The van der Waals surface area contributed by atoms with Gasteiger partial charge in [0.05, 0.1) is 0 Å². The van der Waals surface area contributed by atoms with Crippen LogP contribution in [0.15, 0.2) is 17.0 Å². The summed E-state index contributed by atoms with van der Waals surface area (Å²) in [5, 5.41) is 8.70. The molecule has 0 heterocycles. The van der Waals surface area contributed by atoms with E-state index in [1.54, 1.807) is 0 Å². The van der Waals surface area contributed by atoms with Crippen molar-refractivity contribution in [1.29, 1.82) is 0 Å². The Morgan fingerprint density at radius 1 is 1.25 bits per heavy atom. The van der Waals surface area contributed by atoms with Gasteiger partial charge < -0.3 is 5.11 Å². The van der Waals surface area contributed by atoms with Crippen molar-refractivity contribution in [2.24, 2.45) is 0 Å². The first-order chi connectivity index (χ1) is 9.23. The maximum atomic E-state index is 13.6. The summed E-state index contributed by atoms with van der Waals surface area (Å²) in [6.45, 7) is -0.900. The highest BCUT2D eigenvalue weighted by Gasteiger charge is 2.41. The number of carboxylic acid groups (broad SMARTS) is 1. The molecule has 0 saturated heterocycles.